The third kappa shape index (κ3) is 3.54. The van der Waals surface area contributed by atoms with Crippen LogP contribution in [0.1, 0.15) is 30.7 Å². The Morgan fingerprint density at radius 3 is 2.77 bits per heavy atom. The van der Waals surface area contributed by atoms with E-state index < -0.39 is 0 Å². The van der Waals surface area contributed by atoms with Crippen molar-refractivity contribution in [1.82, 2.24) is 19.9 Å². The van der Waals surface area contributed by atoms with E-state index in [4.69, 9.17) is 0 Å². The number of aromatic amines is 1. The van der Waals surface area contributed by atoms with E-state index in [2.05, 4.69) is 37.3 Å². The zero-order valence-electron chi connectivity index (χ0n) is 17.2. The summed E-state index contributed by atoms with van der Waals surface area (Å²) in [4.78, 5) is 26.0. The number of hydrogen-bond acceptors (Lipinski definition) is 5. The van der Waals surface area contributed by atoms with Crippen molar-refractivity contribution in [3.05, 3.63) is 60.4 Å². The maximum atomic E-state index is 12.7. The van der Waals surface area contributed by atoms with Crippen molar-refractivity contribution in [1.29, 1.82) is 0 Å². The molecule has 2 unspecified atom stereocenters. The Kier molecular flexibility index (Phi) is 4.40. The van der Waals surface area contributed by atoms with Crippen LogP contribution < -0.4 is 0 Å². The molecule has 4 heterocycles. The Balaban J connectivity index is 0.000000156. The predicted octanol–water partition coefficient (Wildman–Crippen LogP) is 3.39. The number of H-pyrrole nitrogens is 1. The number of hydrogen-bond donors (Lipinski definition) is 1. The molecule has 2 atom stereocenters. The van der Waals surface area contributed by atoms with E-state index in [1.54, 1.807) is 6.33 Å². The van der Waals surface area contributed by atoms with E-state index in [9.17, 15) is 4.79 Å². The molecule has 2 aromatic heterocycles. The lowest BCUT2D eigenvalue weighted by molar-refractivity contribution is -0.125. The molecule has 0 spiro atoms. The number of nitrogens with zero attached hydrogens (tertiary/aromatic N) is 5. The van der Waals surface area contributed by atoms with E-state index >= 15 is 0 Å². The number of carbonyl (C=O) groups is 1. The Labute approximate surface area is 180 Å². The highest BCUT2D eigenvalue weighted by molar-refractivity contribution is 6.41. The monoisotopic (exact) mass is 412 g/mol. The first-order chi connectivity index (χ1) is 15.3. The molecule has 156 valence electrons. The fourth-order valence-corrected chi connectivity index (χ4v) is 4.62. The van der Waals surface area contributed by atoms with Crippen LogP contribution in [-0.2, 0) is 17.8 Å². The average Bonchev–Trinajstić information content (AvgIpc) is 3.75. The number of aromatic nitrogens is 3. The summed E-state index contributed by atoms with van der Waals surface area (Å²) in [7, 11) is 0. The van der Waals surface area contributed by atoms with Crippen molar-refractivity contribution in [2.24, 2.45) is 28.0 Å². The Morgan fingerprint density at radius 1 is 1.06 bits per heavy atom. The van der Waals surface area contributed by atoms with Gasteiger partial charge in [-0.2, -0.15) is 5.10 Å². The summed E-state index contributed by atoms with van der Waals surface area (Å²) in [5, 5.41) is 11.1. The normalized spacial score (nSPS) is 23.7. The van der Waals surface area contributed by atoms with Crippen molar-refractivity contribution in [3.63, 3.8) is 0 Å². The van der Waals surface area contributed by atoms with Gasteiger partial charge in [-0.05, 0) is 42.0 Å². The minimum absolute atomic E-state index is 0.0707. The van der Waals surface area contributed by atoms with Gasteiger partial charge in [-0.3, -0.25) is 9.78 Å². The van der Waals surface area contributed by atoms with Crippen LogP contribution in [0.5, 0.6) is 0 Å². The van der Waals surface area contributed by atoms with Crippen LogP contribution in [0, 0.1) is 17.8 Å². The molecule has 7 rings (SSSR count). The summed E-state index contributed by atoms with van der Waals surface area (Å²) in [6.45, 7) is 1.34. The van der Waals surface area contributed by atoms with Gasteiger partial charge < -0.3 is 9.88 Å². The summed E-state index contributed by atoms with van der Waals surface area (Å²) >= 11 is 0. The Hall–Kier alpha value is -3.35. The SMILES string of the molecule is O=C(C1=NN=C(C2CC2)C2CC12)N1CCc2nc[nH]c2C1.c1ccc2cnccc2c1. The molecule has 0 bridgehead atoms. The lowest BCUT2D eigenvalue weighted by Gasteiger charge is -2.27. The quantitative estimate of drug-likeness (QED) is 0.700. The number of nitrogens with one attached hydrogen (secondary N) is 1. The minimum Gasteiger partial charge on any atom is -0.347 e. The summed E-state index contributed by atoms with van der Waals surface area (Å²) in [6.07, 6.45) is 9.80. The Morgan fingerprint density at radius 2 is 1.94 bits per heavy atom. The van der Waals surface area contributed by atoms with Gasteiger partial charge in [0.25, 0.3) is 5.91 Å². The van der Waals surface area contributed by atoms with Gasteiger partial charge in [0.15, 0.2) is 0 Å². The molecule has 2 aliphatic heterocycles. The average molecular weight is 412 g/mol. The van der Waals surface area contributed by atoms with Gasteiger partial charge in [0.1, 0.15) is 5.71 Å². The standard InChI is InChI=1S/C15H17N5O.C9H7N/c21-15(20-4-3-11-12(6-20)17-7-16-11)14-10-5-9(10)13(18-19-14)8-1-2-8;1-2-4-9-7-10-6-5-8(9)3-1/h7-10H,1-6H2,(H,16,17);1-7H. The Bertz CT molecular complexity index is 1140. The van der Waals surface area contributed by atoms with Gasteiger partial charge in [0.2, 0.25) is 0 Å². The molecule has 4 aliphatic rings. The molecular weight excluding hydrogens is 388 g/mol. The van der Waals surface area contributed by atoms with Gasteiger partial charge in [0.05, 0.1) is 24.3 Å². The van der Waals surface area contributed by atoms with Gasteiger partial charge in [-0.1, -0.05) is 24.3 Å². The van der Waals surface area contributed by atoms with Gasteiger partial charge in [0, 0.05) is 42.9 Å². The first kappa shape index (κ1) is 18.4. The largest absolute Gasteiger partial charge is 0.347 e. The molecule has 3 aromatic rings. The molecule has 7 nitrogen and oxygen atoms in total. The van der Waals surface area contributed by atoms with Crippen LogP contribution in [0.3, 0.4) is 0 Å². The van der Waals surface area contributed by atoms with E-state index in [1.807, 2.05) is 35.5 Å². The first-order valence-corrected chi connectivity index (χ1v) is 11.0. The maximum absolute atomic E-state index is 12.7. The first-order valence-electron chi connectivity index (χ1n) is 11.0. The molecular formula is C24H24N6O. The van der Waals surface area contributed by atoms with E-state index in [1.165, 1.54) is 29.3 Å². The second-order valence-electron chi connectivity index (χ2n) is 8.76. The highest BCUT2D eigenvalue weighted by Gasteiger charge is 2.53. The second kappa shape index (κ2) is 7.41. The molecule has 0 saturated heterocycles. The lowest BCUT2D eigenvalue weighted by atomic mass is 10.0. The number of amides is 1. The molecule has 1 amide bonds. The summed E-state index contributed by atoms with van der Waals surface area (Å²) in [5.74, 6) is 1.60. The smallest absolute Gasteiger partial charge is 0.270 e. The molecule has 1 N–H and O–H groups in total. The number of carbonyl (C=O) groups excluding carboxylic acids is 1. The van der Waals surface area contributed by atoms with Gasteiger partial charge in [-0.15, -0.1) is 5.10 Å². The number of imidazole rings is 1. The second-order valence-corrected chi connectivity index (χ2v) is 8.76. The molecule has 2 aliphatic carbocycles. The summed E-state index contributed by atoms with van der Waals surface area (Å²) in [6, 6.07) is 10.2. The van der Waals surface area contributed by atoms with Crippen LogP contribution in [-0.4, -0.2) is 43.7 Å². The maximum Gasteiger partial charge on any atom is 0.270 e. The van der Waals surface area contributed by atoms with Crippen molar-refractivity contribution < 1.29 is 4.79 Å². The van der Waals surface area contributed by atoms with Crippen molar-refractivity contribution in [2.75, 3.05) is 6.54 Å². The van der Waals surface area contributed by atoms with Crippen LogP contribution in [0.25, 0.3) is 10.8 Å². The van der Waals surface area contributed by atoms with Gasteiger partial charge >= 0.3 is 0 Å². The molecule has 0 radical (unpaired) electrons. The molecule has 1 aromatic carbocycles. The number of benzene rings is 1. The fraction of sp³-hybridized carbons (Fsp3) is 0.375. The van der Waals surface area contributed by atoms with Crippen molar-refractivity contribution in [2.45, 2.75) is 32.2 Å². The third-order valence-corrected chi connectivity index (χ3v) is 6.62. The molecule has 7 heteroatoms. The highest BCUT2D eigenvalue weighted by atomic mass is 16.2. The number of pyridine rings is 1. The van der Waals surface area contributed by atoms with Crippen LogP contribution in [0.4, 0.5) is 0 Å². The minimum atomic E-state index is 0.0707. The van der Waals surface area contributed by atoms with E-state index in [0.29, 0.717) is 30.0 Å². The third-order valence-electron chi connectivity index (χ3n) is 6.62. The topological polar surface area (TPSA) is 86.6 Å². The number of fused-ring (bicyclic) bond motifs is 3. The predicted molar refractivity (Wildman–Crippen MR) is 119 cm³/mol. The summed E-state index contributed by atoms with van der Waals surface area (Å²) < 4.78 is 0. The lowest BCUT2D eigenvalue weighted by Crippen LogP contribution is -2.41. The summed E-state index contributed by atoms with van der Waals surface area (Å²) in [5.41, 5.74) is 4.10. The zero-order valence-corrected chi connectivity index (χ0v) is 17.2. The molecule has 31 heavy (non-hydrogen) atoms. The van der Waals surface area contributed by atoms with Crippen LogP contribution in [0.2, 0.25) is 0 Å². The zero-order chi connectivity index (χ0) is 20.8. The van der Waals surface area contributed by atoms with E-state index in [-0.39, 0.29) is 5.91 Å². The van der Waals surface area contributed by atoms with Crippen LogP contribution in [0.15, 0.2) is 59.3 Å². The fourth-order valence-electron chi connectivity index (χ4n) is 4.62. The number of rotatable bonds is 2. The highest BCUT2D eigenvalue weighted by Crippen LogP contribution is 2.49. The molecule has 2 fully saturated rings. The molecule has 2 saturated carbocycles. The van der Waals surface area contributed by atoms with Crippen LogP contribution >= 0.6 is 0 Å². The van der Waals surface area contributed by atoms with Crippen molar-refractivity contribution >= 4 is 28.1 Å². The van der Waals surface area contributed by atoms with E-state index in [0.717, 1.165) is 30.8 Å². The van der Waals surface area contributed by atoms with Gasteiger partial charge in [-0.25, -0.2) is 4.98 Å². The van der Waals surface area contributed by atoms with Crippen molar-refractivity contribution in [3.8, 4) is 0 Å².